The molecule has 0 bridgehead atoms. The smallest absolute Gasteiger partial charge is 0.321 e. The maximum Gasteiger partial charge on any atom is 0.321 e. The summed E-state index contributed by atoms with van der Waals surface area (Å²) in [4.78, 5) is 25.5. The van der Waals surface area contributed by atoms with Gasteiger partial charge in [0.15, 0.2) is 0 Å². The van der Waals surface area contributed by atoms with Gasteiger partial charge in [-0.25, -0.2) is 4.79 Å². The number of likely N-dealkylation sites (tertiary alicyclic amines) is 1. The highest BCUT2D eigenvalue weighted by atomic mass is 16.2. The van der Waals surface area contributed by atoms with Crippen molar-refractivity contribution in [1.29, 1.82) is 0 Å². The molecule has 1 aromatic rings. The minimum atomic E-state index is -0.125. The number of hydrogen-bond donors (Lipinski definition) is 3. The van der Waals surface area contributed by atoms with Crippen LogP contribution < -0.4 is 16.4 Å². The number of hydrogen-bond acceptors (Lipinski definition) is 3. The quantitative estimate of drug-likeness (QED) is 0.780. The van der Waals surface area contributed by atoms with Gasteiger partial charge in [0.1, 0.15) is 0 Å². The molecule has 1 fully saturated rings. The molecular formula is C15H22N4O2. The zero-order valence-corrected chi connectivity index (χ0v) is 12.3. The van der Waals surface area contributed by atoms with Crippen LogP contribution in [0.5, 0.6) is 0 Å². The van der Waals surface area contributed by atoms with Gasteiger partial charge in [0.25, 0.3) is 0 Å². The fraction of sp³-hybridized carbons (Fsp3) is 0.467. The van der Waals surface area contributed by atoms with E-state index in [2.05, 4.69) is 10.6 Å². The second kappa shape index (κ2) is 7.08. The molecular weight excluding hydrogens is 268 g/mol. The van der Waals surface area contributed by atoms with E-state index in [1.54, 1.807) is 11.9 Å². The first-order valence-electron chi connectivity index (χ1n) is 7.20. The van der Waals surface area contributed by atoms with Gasteiger partial charge in [-0.3, -0.25) is 4.79 Å². The van der Waals surface area contributed by atoms with Crippen molar-refractivity contribution in [3.63, 3.8) is 0 Å². The Balaban J connectivity index is 1.88. The van der Waals surface area contributed by atoms with Crippen molar-refractivity contribution in [2.24, 2.45) is 11.7 Å². The SMILES string of the molecule is CNC(=O)C1CCN(C(=O)Nc2cccc(CN)c2)CC1. The van der Waals surface area contributed by atoms with Crippen molar-refractivity contribution in [2.45, 2.75) is 19.4 Å². The lowest BCUT2D eigenvalue weighted by atomic mass is 9.96. The maximum absolute atomic E-state index is 12.2. The molecule has 2 rings (SSSR count). The Bertz CT molecular complexity index is 510. The second-order valence-corrected chi connectivity index (χ2v) is 5.21. The van der Waals surface area contributed by atoms with Gasteiger partial charge in [-0.05, 0) is 30.5 Å². The Labute approximate surface area is 124 Å². The van der Waals surface area contributed by atoms with E-state index in [0.717, 1.165) is 11.3 Å². The fourth-order valence-electron chi connectivity index (χ4n) is 2.53. The third-order valence-electron chi connectivity index (χ3n) is 3.81. The number of urea groups is 1. The lowest BCUT2D eigenvalue weighted by Crippen LogP contribution is -2.44. The van der Waals surface area contributed by atoms with E-state index in [9.17, 15) is 9.59 Å². The first kappa shape index (κ1) is 15.3. The number of nitrogens with zero attached hydrogens (tertiary/aromatic N) is 1. The molecule has 4 N–H and O–H groups in total. The van der Waals surface area contributed by atoms with Crippen LogP contribution in [-0.4, -0.2) is 37.0 Å². The highest BCUT2D eigenvalue weighted by Crippen LogP contribution is 2.18. The minimum absolute atomic E-state index is 0.0135. The van der Waals surface area contributed by atoms with Gasteiger partial charge in [0.05, 0.1) is 0 Å². The number of carbonyl (C=O) groups excluding carboxylic acids is 2. The molecule has 0 unspecified atom stereocenters. The van der Waals surface area contributed by atoms with Crippen LogP contribution in [0.3, 0.4) is 0 Å². The maximum atomic E-state index is 12.2. The monoisotopic (exact) mass is 290 g/mol. The molecule has 1 aliphatic heterocycles. The zero-order chi connectivity index (χ0) is 15.2. The van der Waals surface area contributed by atoms with Crippen molar-refractivity contribution in [1.82, 2.24) is 10.2 Å². The molecule has 1 aliphatic rings. The third kappa shape index (κ3) is 3.95. The number of benzene rings is 1. The lowest BCUT2D eigenvalue weighted by molar-refractivity contribution is -0.125. The molecule has 0 spiro atoms. The van der Waals surface area contributed by atoms with Crippen molar-refractivity contribution >= 4 is 17.6 Å². The van der Waals surface area contributed by atoms with Crippen LogP contribution in [0.2, 0.25) is 0 Å². The summed E-state index contributed by atoms with van der Waals surface area (Å²) in [5.74, 6) is 0.0744. The Kier molecular flexibility index (Phi) is 5.16. The molecule has 6 nitrogen and oxygen atoms in total. The van der Waals surface area contributed by atoms with E-state index in [1.165, 1.54) is 0 Å². The van der Waals surface area contributed by atoms with Gasteiger partial charge in [-0.15, -0.1) is 0 Å². The van der Waals surface area contributed by atoms with Crippen LogP contribution in [0.15, 0.2) is 24.3 Å². The number of nitrogens with one attached hydrogen (secondary N) is 2. The van der Waals surface area contributed by atoms with E-state index in [-0.39, 0.29) is 17.9 Å². The summed E-state index contributed by atoms with van der Waals surface area (Å²) in [7, 11) is 1.64. The molecule has 0 atom stereocenters. The van der Waals surface area contributed by atoms with Gasteiger partial charge in [0.2, 0.25) is 5.91 Å². The molecule has 0 aliphatic carbocycles. The summed E-state index contributed by atoms with van der Waals surface area (Å²) < 4.78 is 0. The fourth-order valence-corrected chi connectivity index (χ4v) is 2.53. The van der Waals surface area contributed by atoms with Gasteiger partial charge in [-0.1, -0.05) is 12.1 Å². The van der Waals surface area contributed by atoms with Crippen molar-refractivity contribution in [3.8, 4) is 0 Å². The summed E-state index contributed by atoms with van der Waals surface area (Å²) in [5, 5.41) is 5.54. The van der Waals surface area contributed by atoms with E-state index in [1.807, 2.05) is 24.3 Å². The van der Waals surface area contributed by atoms with Crippen LogP contribution in [-0.2, 0) is 11.3 Å². The second-order valence-electron chi connectivity index (χ2n) is 5.21. The Hall–Kier alpha value is -2.08. The van der Waals surface area contributed by atoms with Crippen LogP contribution in [0, 0.1) is 5.92 Å². The number of anilines is 1. The predicted octanol–water partition coefficient (Wildman–Crippen LogP) is 1.14. The van der Waals surface area contributed by atoms with Gasteiger partial charge in [-0.2, -0.15) is 0 Å². The van der Waals surface area contributed by atoms with Gasteiger partial charge < -0.3 is 21.3 Å². The van der Waals surface area contributed by atoms with E-state index >= 15 is 0 Å². The summed E-state index contributed by atoms with van der Waals surface area (Å²) in [6.45, 7) is 1.64. The summed E-state index contributed by atoms with van der Waals surface area (Å²) in [5.41, 5.74) is 7.31. The Morgan fingerprint density at radius 3 is 2.67 bits per heavy atom. The molecule has 3 amide bonds. The summed E-state index contributed by atoms with van der Waals surface area (Å²) >= 11 is 0. The average molecular weight is 290 g/mol. The lowest BCUT2D eigenvalue weighted by Gasteiger charge is -2.31. The average Bonchev–Trinajstić information content (AvgIpc) is 2.54. The van der Waals surface area contributed by atoms with Gasteiger partial charge in [0, 0.05) is 38.3 Å². The molecule has 1 aromatic carbocycles. The Morgan fingerprint density at radius 1 is 1.33 bits per heavy atom. The van der Waals surface area contributed by atoms with Crippen LogP contribution in [0.1, 0.15) is 18.4 Å². The largest absolute Gasteiger partial charge is 0.359 e. The number of rotatable bonds is 3. The molecule has 6 heteroatoms. The summed E-state index contributed by atoms with van der Waals surface area (Å²) in [6.07, 6.45) is 1.41. The third-order valence-corrected chi connectivity index (χ3v) is 3.81. The first-order chi connectivity index (χ1) is 10.1. The molecule has 114 valence electrons. The minimum Gasteiger partial charge on any atom is -0.359 e. The molecule has 0 saturated carbocycles. The molecule has 0 radical (unpaired) electrons. The van der Waals surface area contributed by atoms with Crippen molar-refractivity contribution in [3.05, 3.63) is 29.8 Å². The van der Waals surface area contributed by atoms with E-state index < -0.39 is 0 Å². The van der Waals surface area contributed by atoms with Crippen LogP contribution >= 0.6 is 0 Å². The number of nitrogens with two attached hydrogens (primary N) is 1. The summed E-state index contributed by atoms with van der Waals surface area (Å²) in [6, 6.07) is 7.38. The number of piperidine rings is 1. The van der Waals surface area contributed by atoms with Gasteiger partial charge >= 0.3 is 6.03 Å². The number of amides is 3. The highest BCUT2D eigenvalue weighted by molar-refractivity contribution is 5.89. The molecule has 1 saturated heterocycles. The van der Waals surface area contributed by atoms with Crippen molar-refractivity contribution in [2.75, 3.05) is 25.5 Å². The molecule has 1 heterocycles. The topological polar surface area (TPSA) is 87.5 Å². The number of carbonyl (C=O) groups is 2. The van der Waals surface area contributed by atoms with Crippen LogP contribution in [0.4, 0.5) is 10.5 Å². The van der Waals surface area contributed by atoms with E-state index in [4.69, 9.17) is 5.73 Å². The molecule has 0 aromatic heterocycles. The first-order valence-corrected chi connectivity index (χ1v) is 7.20. The van der Waals surface area contributed by atoms with Crippen molar-refractivity contribution < 1.29 is 9.59 Å². The normalized spacial score (nSPS) is 15.6. The van der Waals surface area contributed by atoms with Crippen LogP contribution in [0.25, 0.3) is 0 Å². The highest BCUT2D eigenvalue weighted by Gasteiger charge is 2.26. The predicted molar refractivity (Wildman–Crippen MR) is 81.7 cm³/mol. The Morgan fingerprint density at radius 2 is 2.05 bits per heavy atom. The van der Waals surface area contributed by atoms with E-state index in [0.29, 0.717) is 32.5 Å². The zero-order valence-electron chi connectivity index (χ0n) is 12.3. The standard InChI is InChI=1S/C15H22N4O2/c1-17-14(20)12-5-7-19(8-6-12)15(21)18-13-4-2-3-11(9-13)10-16/h2-4,9,12H,5-8,10,16H2,1H3,(H,17,20)(H,18,21). The molecule has 21 heavy (non-hydrogen) atoms.